The average Bonchev–Trinajstić information content (AvgIpc) is 2.07. The summed E-state index contributed by atoms with van der Waals surface area (Å²) in [4.78, 5) is 0. The summed E-state index contributed by atoms with van der Waals surface area (Å²) < 4.78 is 18.4. The van der Waals surface area contributed by atoms with Gasteiger partial charge in [0.15, 0.2) is 11.6 Å². The van der Waals surface area contributed by atoms with Crippen LogP contribution in [0.3, 0.4) is 0 Å². The molecule has 3 nitrogen and oxygen atoms in total. The highest BCUT2D eigenvalue weighted by Crippen LogP contribution is 2.16. The molecule has 0 bridgehead atoms. The van der Waals surface area contributed by atoms with Gasteiger partial charge in [0.1, 0.15) is 0 Å². The molecule has 0 atom stereocenters. The first-order valence-corrected chi connectivity index (χ1v) is 4.33. The van der Waals surface area contributed by atoms with Gasteiger partial charge in [0.05, 0.1) is 6.10 Å². The minimum atomic E-state index is -1.66. The van der Waals surface area contributed by atoms with Crippen molar-refractivity contribution in [2.45, 2.75) is 20.0 Å². The first kappa shape index (κ1) is 11.0. The maximum absolute atomic E-state index is 13.2. The molecule has 0 heterocycles. The lowest BCUT2D eigenvalue weighted by Crippen LogP contribution is -2.30. The minimum absolute atomic E-state index is 0.110. The van der Waals surface area contributed by atoms with Gasteiger partial charge in [0.2, 0.25) is 0 Å². The summed E-state index contributed by atoms with van der Waals surface area (Å²) in [6.45, 7) is 3.57. The van der Waals surface area contributed by atoms with E-state index >= 15 is 0 Å². The quantitative estimate of drug-likeness (QED) is 0.686. The zero-order chi connectivity index (χ0) is 10.7. The van der Waals surface area contributed by atoms with Crippen LogP contribution in [0.2, 0.25) is 0 Å². The van der Waals surface area contributed by atoms with Gasteiger partial charge < -0.3 is 14.8 Å². The molecule has 5 heteroatoms. The lowest BCUT2D eigenvalue weighted by atomic mass is 9.80. The summed E-state index contributed by atoms with van der Waals surface area (Å²) in [5.41, 5.74) is 0.110. The Balaban J connectivity index is 2.90. The SMILES string of the molecule is CC(C)Oc1ccc(B(O)O)cc1F. The van der Waals surface area contributed by atoms with E-state index in [4.69, 9.17) is 14.8 Å². The van der Waals surface area contributed by atoms with E-state index in [9.17, 15) is 4.39 Å². The number of ether oxygens (including phenoxy) is 1. The molecule has 0 unspecified atom stereocenters. The van der Waals surface area contributed by atoms with Crippen molar-refractivity contribution < 1.29 is 19.2 Å². The molecule has 0 aliphatic heterocycles. The molecule has 14 heavy (non-hydrogen) atoms. The predicted molar refractivity (Wildman–Crippen MR) is 52.0 cm³/mol. The molecule has 0 saturated heterocycles. The van der Waals surface area contributed by atoms with Crippen LogP contribution >= 0.6 is 0 Å². The fraction of sp³-hybridized carbons (Fsp3) is 0.333. The van der Waals surface area contributed by atoms with E-state index in [1.54, 1.807) is 13.8 Å². The first-order valence-electron chi connectivity index (χ1n) is 4.33. The minimum Gasteiger partial charge on any atom is -0.488 e. The zero-order valence-electron chi connectivity index (χ0n) is 8.07. The monoisotopic (exact) mass is 198 g/mol. The lowest BCUT2D eigenvalue weighted by Gasteiger charge is -2.11. The van der Waals surface area contributed by atoms with Gasteiger partial charge in [-0.1, -0.05) is 6.07 Å². The Morgan fingerprint density at radius 1 is 1.36 bits per heavy atom. The smallest absolute Gasteiger partial charge is 0.488 e. The maximum atomic E-state index is 13.2. The first-order chi connectivity index (χ1) is 6.50. The molecule has 0 spiro atoms. The molecule has 0 aliphatic carbocycles. The van der Waals surface area contributed by atoms with Gasteiger partial charge in [-0.05, 0) is 31.4 Å². The second-order valence-electron chi connectivity index (χ2n) is 3.23. The standard InChI is InChI=1S/C9H12BFO3/c1-6(2)14-9-4-3-7(10(12)13)5-8(9)11/h3-6,12-13H,1-2H3. The Morgan fingerprint density at radius 3 is 2.43 bits per heavy atom. The summed E-state index contributed by atoms with van der Waals surface area (Å²) >= 11 is 0. The van der Waals surface area contributed by atoms with E-state index in [1.807, 2.05) is 0 Å². The highest BCUT2D eigenvalue weighted by molar-refractivity contribution is 6.58. The Kier molecular flexibility index (Phi) is 3.49. The van der Waals surface area contributed by atoms with E-state index in [-0.39, 0.29) is 17.3 Å². The molecular weight excluding hydrogens is 186 g/mol. The predicted octanol–water partition coefficient (Wildman–Crippen LogP) is 0.293. The average molecular weight is 198 g/mol. The molecule has 0 fully saturated rings. The van der Waals surface area contributed by atoms with E-state index in [2.05, 4.69) is 0 Å². The van der Waals surface area contributed by atoms with Crippen molar-refractivity contribution >= 4 is 12.6 Å². The Morgan fingerprint density at radius 2 is 2.00 bits per heavy atom. The van der Waals surface area contributed by atoms with E-state index in [1.165, 1.54) is 12.1 Å². The number of hydrogen-bond donors (Lipinski definition) is 2. The van der Waals surface area contributed by atoms with Crippen LogP contribution in [0.25, 0.3) is 0 Å². The van der Waals surface area contributed by atoms with Crippen molar-refractivity contribution in [2.24, 2.45) is 0 Å². The molecule has 1 rings (SSSR count). The van der Waals surface area contributed by atoms with Crippen LogP contribution in [0.1, 0.15) is 13.8 Å². The van der Waals surface area contributed by atoms with Crippen LogP contribution in [0.5, 0.6) is 5.75 Å². The van der Waals surface area contributed by atoms with Gasteiger partial charge in [-0.2, -0.15) is 0 Å². The van der Waals surface area contributed by atoms with Crippen LogP contribution < -0.4 is 10.2 Å². The molecular formula is C9H12BFO3. The fourth-order valence-electron chi connectivity index (χ4n) is 1.03. The van der Waals surface area contributed by atoms with E-state index in [0.29, 0.717) is 0 Å². The summed E-state index contributed by atoms with van der Waals surface area (Å²) in [6.07, 6.45) is -0.116. The van der Waals surface area contributed by atoms with Crippen LogP contribution in [-0.4, -0.2) is 23.3 Å². The van der Waals surface area contributed by atoms with Crippen LogP contribution in [0, 0.1) is 5.82 Å². The van der Waals surface area contributed by atoms with E-state index < -0.39 is 12.9 Å². The third-order valence-electron chi connectivity index (χ3n) is 1.62. The van der Waals surface area contributed by atoms with Gasteiger partial charge in [-0.25, -0.2) is 4.39 Å². The summed E-state index contributed by atoms with van der Waals surface area (Å²) in [7, 11) is -1.66. The molecule has 76 valence electrons. The van der Waals surface area contributed by atoms with Gasteiger partial charge in [-0.15, -0.1) is 0 Å². The number of hydrogen-bond acceptors (Lipinski definition) is 3. The number of benzene rings is 1. The van der Waals surface area contributed by atoms with Crippen LogP contribution in [0.4, 0.5) is 4.39 Å². The van der Waals surface area contributed by atoms with Crippen molar-refractivity contribution in [1.29, 1.82) is 0 Å². The van der Waals surface area contributed by atoms with Crippen molar-refractivity contribution in [3.63, 3.8) is 0 Å². The number of halogens is 1. The van der Waals surface area contributed by atoms with Gasteiger partial charge in [0, 0.05) is 0 Å². The normalized spacial score (nSPS) is 10.4. The molecule has 1 aromatic carbocycles. The van der Waals surface area contributed by atoms with Crippen molar-refractivity contribution in [3.8, 4) is 5.75 Å². The summed E-state index contributed by atoms with van der Waals surface area (Å²) in [6, 6.07) is 3.83. The summed E-state index contributed by atoms with van der Waals surface area (Å²) in [5, 5.41) is 17.5. The van der Waals surface area contributed by atoms with Gasteiger partial charge in [0.25, 0.3) is 0 Å². The maximum Gasteiger partial charge on any atom is 0.488 e. The molecule has 0 amide bonds. The summed E-state index contributed by atoms with van der Waals surface area (Å²) in [5.74, 6) is -0.478. The molecule has 0 radical (unpaired) electrons. The van der Waals surface area contributed by atoms with Gasteiger partial charge in [-0.3, -0.25) is 0 Å². The number of rotatable bonds is 3. The molecule has 0 aromatic heterocycles. The van der Waals surface area contributed by atoms with Gasteiger partial charge >= 0.3 is 7.12 Å². The largest absolute Gasteiger partial charge is 0.488 e. The molecule has 0 saturated carbocycles. The van der Waals surface area contributed by atoms with Crippen molar-refractivity contribution in [2.75, 3.05) is 0 Å². The third-order valence-corrected chi connectivity index (χ3v) is 1.62. The molecule has 0 aliphatic rings. The Labute approximate surface area is 82.3 Å². The van der Waals surface area contributed by atoms with Crippen molar-refractivity contribution in [3.05, 3.63) is 24.0 Å². The lowest BCUT2D eigenvalue weighted by molar-refractivity contribution is 0.231. The Bertz CT molecular complexity index is 315. The van der Waals surface area contributed by atoms with Crippen LogP contribution in [-0.2, 0) is 0 Å². The highest BCUT2D eigenvalue weighted by atomic mass is 19.1. The second kappa shape index (κ2) is 4.44. The Hall–Kier alpha value is -1.07. The highest BCUT2D eigenvalue weighted by Gasteiger charge is 2.14. The molecule has 1 aromatic rings. The van der Waals surface area contributed by atoms with Crippen molar-refractivity contribution in [1.82, 2.24) is 0 Å². The molecule has 2 N–H and O–H groups in total. The third kappa shape index (κ3) is 2.72. The van der Waals surface area contributed by atoms with Crippen LogP contribution in [0.15, 0.2) is 18.2 Å². The van der Waals surface area contributed by atoms with E-state index in [0.717, 1.165) is 6.07 Å². The fourth-order valence-corrected chi connectivity index (χ4v) is 1.03. The second-order valence-corrected chi connectivity index (χ2v) is 3.23. The topological polar surface area (TPSA) is 49.7 Å². The zero-order valence-corrected chi connectivity index (χ0v) is 8.07.